The van der Waals surface area contributed by atoms with Crippen LogP contribution >= 0.6 is 23.1 Å². The second-order valence-electron chi connectivity index (χ2n) is 6.87. The van der Waals surface area contributed by atoms with Crippen molar-refractivity contribution in [3.63, 3.8) is 0 Å². The van der Waals surface area contributed by atoms with Crippen molar-refractivity contribution in [1.29, 1.82) is 0 Å². The van der Waals surface area contributed by atoms with E-state index >= 15 is 0 Å². The summed E-state index contributed by atoms with van der Waals surface area (Å²) >= 11 is 3.31. The highest BCUT2D eigenvalue weighted by atomic mass is 32.2. The van der Waals surface area contributed by atoms with Crippen molar-refractivity contribution >= 4 is 34.9 Å². The van der Waals surface area contributed by atoms with Gasteiger partial charge >= 0.3 is 0 Å². The first-order valence-electron chi connectivity index (χ1n) is 9.37. The summed E-state index contributed by atoms with van der Waals surface area (Å²) in [5.74, 6) is 2.14. The van der Waals surface area contributed by atoms with Crippen LogP contribution in [0.25, 0.3) is 0 Å². The Hall–Kier alpha value is -1.79. The van der Waals surface area contributed by atoms with Crippen molar-refractivity contribution in [2.24, 2.45) is 5.92 Å². The number of nitrogens with one attached hydrogen (secondary N) is 1. The maximum Gasteiger partial charge on any atom is 0.263 e. The van der Waals surface area contributed by atoms with Gasteiger partial charge in [0.05, 0.1) is 4.88 Å². The Kier molecular flexibility index (Phi) is 7.35. The van der Waals surface area contributed by atoms with Gasteiger partial charge in [0.1, 0.15) is 0 Å². The number of hydrogen-bond acceptors (Lipinski definition) is 4. The molecule has 0 saturated carbocycles. The van der Waals surface area contributed by atoms with Gasteiger partial charge in [-0.2, -0.15) is 11.8 Å². The number of piperidine rings is 1. The minimum Gasteiger partial charge on any atom is -0.355 e. The second-order valence-corrected chi connectivity index (χ2v) is 8.93. The molecule has 0 bridgehead atoms. The van der Waals surface area contributed by atoms with E-state index in [4.69, 9.17) is 0 Å². The molecule has 4 nitrogen and oxygen atoms in total. The predicted octanol–water partition coefficient (Wildman–Crippen LogP) is 3.96. The quantitative estimate of drug-likeness (QED) is 0.713. The number of amides is 2. The smallest absolute Gasteiger partial charge is 0.263 e. The molecule has 1 fully saturated rings. The average Bonchev–Trinajstić information content (AvgIpc) is 3.23. The van der Waals surface area contributed by atoms with Crippen molar-refractivity contribution in [2.75, 3.05) is 25.4 Å². The van der Waals surface area contributed by atoms with E-state index in [1.807, 2.05) is 34.2 Å². The van der Waals surface area contributed by atoms with Gasteiger partial charge in [-0.3, -0.25) is 9.59 Å². The van der Waals surface area contributed by atoms with Crippen LogP contribution in [0.5, 0.6) is 0 Å². The van der Waals surface area contributed by atoms with Crippen molar-refractivity contribution in [3.05, 3.63) is 57.8 Å². The summed E-state index contributed by atoms with van der Waals surface area (Å²) in [6, 6.07) is 12.3. The fourth-order valence-corrected chi connectivity index (χ4v) is 4.68. The van der Waals surface area contributed by atoms with E-state index in [9.17, 15) is 9.59 Å². The molecule has 1 aliphatic rings. The van der Waals surface area contributed by atoms with Crippen LogP contribution in [-0.4, -0.2) is 42.1 Å². The summed E-state index contributed by atoms with van der Waals surface area (Å²) in [5, 5.41) is 4.98. The zero-order chi connectivity index (χ0) is 19.1. The molecule has 6 heteroatoms. The number of thiophene rings is 1. The van der Waals surface area contributed by atoms with Gasteiger partial charge in [0.25, 0.3) is 5.91 Å². The lowest BCUT2D eigenvalue weighted by Crippen LogP contribution is -2.43. The fraction of sp³-hybridized carbons (Fsp3) is 0.429. The highest BCUT2D eigenvalue weighted by molar-refractivity contribution is 7.98. The number of rotatable bonds is 7. The largest absolute Gasteiger partial charge is 0.355 e. The number of thioether (sulfide) groups is 1. The highest BCUT2D eigenvalue weighted by Crippen LogP contribution is 2.21. The molecule has 27 heavy (non-hydrogen) atoms. The van der Waals surface area contributed by atoms with Crippen LogP contribution in [0.4, 0.5) is 0 Å². The first-order valence-corrected chi connectivity index (χ1v) is 11.4. The summed E-state index contributed by atoms with van der Waals surface area (Å²) in [4.78, 5) is 27.4. The Balaban J connectivity index is 1.31. The normalized spacial score (nSPS) is 14.9. The summed E-state index contributed by atoms with van der Waals surface area (Å²) in [6.07, 6.45) is 1.50. The maximum absolute atomic E-state index is 12.4. The van der Waals surface area contributed by atoms with Crippen molar-refractivity contribution in [3.8, 4) is 0 Å². The molecule has 3 rings (SSSR count). The Labute approximate surface area is 169 Å². The van der Waals surface area contributed by atoms with Gasteiger partial charge in [-0.25, -0.2) is 0 Å². The Morgan fingerprint density at radius 3 is 2.59 bits per heavy atom. The third-order valence-corrected chi connectivity index (χ3v) is 6.71. The predicted molar refractivity (Wildman–Crippen MR) is 113 cm³/mol. The van der Waals surface area contributed by atoms with Crippen LogP contribution in [-0.2, 0) is 10.5 Å². The number of likely N-dealkylation sites (tertiary alicyclic amines) is 1. The summed E-state index contributed by atoms with van der Waals surface area (Å²) in [5.41, 5.74) is 2.60. The fourth-order valence-electron chi connectivity index (χ4n) is 3.17. The van der Waals surface area contributed by atoms with Crippen LogP contribution in [0.1, 0.15) is 33.6 Å². The topological polar surface area (TPSA) is 49.4 Å². The van der Waals surface area contributed by atoms with E-state index in [0.29, 0.717) is 19.6 Å². The lowest BCUT2D eigenvalue weighted by Gasteiger charge is -2.31. The van der Waals surface area contributed by atoms with Gasteiger partial charge in [-0.05, 0) is 36.8 Å². The van der Waals surface area contributed by atoms with E-state index in [0.717, 1.165) is 29.2 Å². The third kappa shape index (κ3) is 5.84. The molecular weight excluding hydrogens is 376 g/mol. The van der Waals surface area contributed by atoms with E-state index < -0.39 is 0 Å². The van der Waals surface area contributed by atoms with Crippen LogP contribution in [0.15, 0.2) is 41.8 Å². The molecular formula is C21H26N2O2S2. The highest BCUT2D eigenvalue weighted by Gasteiger charge is 2.27. The minimum absolute atomic E-state index is 0.0273. The second kappa shape index (κ2) is 9.95. The SMILES string of the molecule is Cc1ccc(CSCCNC(=O)C2CCN(C(=O)c3cccs3)CC2)cc1. The molecule has 2 amide bonds. The van der Waals surface area contributed by atoms with E-state index in [1.165, 1.54) is 22.5 Å². The monoisotopic (exact) mass is 402 g/mol. The molecule has 144 valence electrons. The van der Waals surface area contributed by atoms with Crippen LogP contribution in [0, 0.1) is 12.8 Å². The third-order valence-electron chi connectivity index (χ3n) is 4.82. The molecule has 0 spiro atoms. The molecule has 1 aromatic carbocycles. The van der Waals surface area contributed by atoms with Crippen molar-refractivity contribution in [2.45, 2.75) is 25.5 Å². The lowest BCUT2D eigenvalue weighted by molar-refractivity contribution is -0.126. The maximum atomic E-state index is 12.4. The molecule has 1 aliphatic heterocycles. The van der Waals surface area contributed by atoms with Crippen LogP contribution < -0.4 is 5.32 Å². The first kappa shape index (κ1) is 20.0. The van der Waals surface area contributed by atoms with Gasteiger partial charge in [0.2, 0.25) is 5.91 Å². The number of nitrogens with zero attached hydrogens (tertiary/aromatic N) is 1. The van der Waals surface area contributed by atoms with Gasteiger partial charge < -0.3 is 10.2 Å². The Bertz CT molecular complexity index is 736. The summed E-state index contributed by atoms with van der Waals surface area (Å²) < 4.78 is 0. The number of carbonyl (C=O) groups excluding carboxylic acids is 2. The standard InChI is InChI=1S/C21H26N2O2S2/c1-16-4-6-17(7-5-16)15-26-14-10-22-20(24)18-8-11-23(12-9-18)21(25)19-3-2-13-27-19/h2-7,13,18H,8-12,14-15H2,1H3,(H,22,24). The van der Waals surface area contributed by atoms with E-state index in [-0.39, 0.29) is 17.7 Å². The average molecular weight is 403 g/mol. The van der Waals surface area contributed by atoms with Gasteiger partial charge in [0, 0.05) is 37.1 Å². The van der Waals surface area contributed by atoms with Gasteiger partial charge in [-0.1, -0.05) is 35.9 Å². The van der Waals surface area contributed by atoms with Crippen LogP contribution in [0.2, 0.25) is 0 Å². The van der Waals surface area contributed by atoms with Crippen LogP contribution in [0.3, 0.4) is 0 Å². The zero-order valence-corrected chi connectivity index (χ0v) is 17.3. The lowest BCUT2D eigenvalue weighted by atomic mass is 9.96. The number of benzene rings is 1. The number of hydrogen-bond donors (Lipinski definition) is 1. The first-order chi connectivity index (χ1) is 13.1. The Morgan fingerprint density at radius 1 is 1.19 bits per heavy atom. The molecule has 0 radical (unpaired) electrons. The molecule has 2 heterocycles. The molecule has 2 aromatic rings. The van der Waals surface area contributed by atoms with Gasteiger partial charge in [0.15, 0.2) is 0 Å². The Morgan fingerprint density at radius 2 is 1.93 bits per heavy atom. The molecule has 1 saturated heterocycles. The summed E-state index contributed by atoms with van der Waals surface area (Å²) in [6.45, 7) is 4.12. The van der Waals surface area contributed by atoms with Crippen molar-refractivity contribution in [1.82, 2.24) is 10.2 Å². The molecule has 0 aliphatic carbocycles. The zero-order valence-electron chi connectivity index (χ0n) is 15.6. The molecule has 0 atom stereocenters. The number of aryl methyl sites for hydroxylation is 1. The van der Waals surface area contributed by atoms with E-state index in [2.05, 4.69) is 36.5 Å². The molecule has 1 aromatic heterocycles. The summed E-state index contributed by atoms with van der Waals surface area (Å²) in [7, 11) is 0. The van der Waals surface area contributed by atoms with Gasteiger partial charge in [-0.15, -0.1) is 11.3 Å². The number of carbonyl (C=O) groups is 2. The molecule has 0 unspecified atom stereocenters. The van der Waals surface area contributed by atoms with E-state index in [1.54, 1.807) is 0 Å². The van der Waals surface area contributed by atoms with Crippen molar-refractivity contribution < 1.29 is 9.59 Å². The minimum atomic E-state index is 0.0273. The molecule has 1 N–H and O–H groups in total.